The molecule has 0 aliphatic carbocycles. The number of anilines is 1. The minimum absolute atomic E-state index is 0.0846. The smallest absolute Gasteiger partial charge is 0.0457 e. The third-order valence-electron chi connectivity index (χ3n) is 9.02. The van der Waals surface area contributed by atoms with Crippen molar-refractivity contribution in [1.29, 1.82) is 0 Å². The van der Waals surface area contributed by atoms with Crippen LogP contribution in [0.15, 0.2) is 121 Å². The van der Waals surface area contributed by atoms with E-state index in [1.807, 2.05) is 0 Å². The number of hydrogen-bond acceptors (Lipinski definition) is 1. The quantitative estimate of drug-likeness (QED) is 0.201. The first-order valence-corrected chi connectivity index (χ1v) is 15.1. The van der Waals surface area contributed by atoms with E-state index in [1.165, 1.54) is 49.6 Å². The summed E-state index contributed by atoms with van der Waals surface area (Å²) in [5.41, 5.74) is 7.65. The van der Waals surface area contributed by atoms with E-state index in [9.17, 15) is 0 Å². The van der Waals surface area contributed by atoms with Gasteiger partial charge in [0.1, 0.15) is 0 Å². The van der Waals surface area contributed by atoms with E-state index < -0.39 is 0 Å². The van der Waals surface area contributed by atoms with Gasteiger partial charge in [-0.15, -0.1) is 0 Å². The standard InChI is InChI=1S/C40H45N/c1-28(2)26-27-41-35-25-24-32-18-13-15-20-34(32)38(35)40(7,8)36(41)21-11-9-10-16-30(4)39(5,6)37-29(3)22-23-31-17-12-14-19-33(31)37/h9-25,28H,4,26-27H2,1-3,5-8H3/b11-9+,16-10+,36-21+. The van der Waals surface area contributed by atoms with E-state index in [4.69, 9.17) is 0 Å². The van der Waals surface area contributed by atoms with E-state index in [2.05, 4.69) is 163 Å². The number of rotatable bonds is 8. The van der Waals surface area contributed by atoms with Crippen LogP contribution in [0.2, 0.25) is 0 Å². The highest BCUT2D eigenvalue weighted by atomic mass is 15.2. The van der Waals surface area contributed by atoms with Crippen LogP contribution in [0.3, 0.4) is 0 Å². The van der Waals surface area contributed by atoms with Crippen LogP contribution in [0.25, 0.3) is 21.5 Å². The Kier molecular flexibility index (Phi) is 7.84. The minimum Gasteiger partial charge on any atom is -0.344 e. The maximum atomic E-state index is 4.51. The van der Waals surface area contributed by atoms with Gasteiger partial charge < -0.3 is 4.90 Å². The van der Waals surface area contributed by atoms with Gasteiger partial charge in [-0.05, 0) is 75.2 Å². The Hall–Kier alpha value is -3.84. The van der Waals surface area contributed by atoms with Crippen LogP contribution < -0.4 is 4.90 Å². The monoisotopic (exact) mass is 539 g/mol. The Morgan fingerprint density at radius 3 is 2.20 bits per heavy atom. The van der Waals surface area contributed by atoms with Crippen LogP contribution in [0, 0.1) is 12.8 Å². The first-order chi connectivity index (χ1) is 19.5. The summed E-state index contributed by atoms with van der Waals surface area (Å²) in [6.07, 6.45) is 12.2. The zero-order chi connectivity index (χ0) is 29.4. The van der Waals surface area contributed by atoms with Crippen LogP contribution in [0.5, 0.6) is 0 Å². The lowest BCUT2D eigenvalue weighted by Crippen LogP contribution is -2.27. The fourth-order valence-corrected chi connectivity index (χ4v) is 6.63. The van der Waals surface area contributed by atoms with E-state index in [1.54, 1.807) is 0 Å². The maximum absolute atomic E-state index is 4.51. The first-order valence-electron chi connectivity index (χ1n) is 15.1. The number of aryl methyl sites for hydroxylation is 1. The number of allylic oxidation sites excluding steroid dienone is 7. The van der Waals surface area contributed by atoms with Crippen LogP contribution in [-0.4, -0.2) is 6.54 Å². The second-order valence-electron chi connectivity index (χ2n) is 13.1. The molecule has 0 atom stereocenters. The molecule has 5 rings (SSSR count). The minimum atomic E-state index is -0.183. The van der Waals surface area contributed by atoms with Crippen molar-refractivity contribution in [2.45, 2.75) is 65.7 Å². The Balaban J connectivity index is 1.43. The molecule has 0 unspecified atom stereocenters. The molecule has 0 N–H and O–H groups in total. The van der Waals surface area contributed by atoms with Gasteiger partial charge in [0.15, 0.2) is 0 Å². The van der Waals surface area contributed by atoms with E-state index >= 15 is 0 Å². The highest BCUT2D eigenvalue weighted by Crippen LogP contribution is 2.50. The van der Waals surface area contributed by atoms with Crippen molar-refractivity contribution in [3.63, 3.8) is 0 Å². The normalized spacial score (nSPS) is 16.2. The maximum Gasteiger partial charge on any atom is 0.0457 e. The van der Waals surface area contributed by atoms with Gasteiger partial charge in [0.05, 0.1) is 0 Å². The topological polar surface area (TPSA) is 3.24 Å². The van der Waals surface area contributed by atoms with Crippen molar-refractivity contribution in [2.75, 3.05) is 11.4 Å². The first kappa shape index (κ1) is 28.7. The summed E-state index contributed by atoms with van der Waals surface area (Å²) >= 11 is 0. The molecule has 0 saturated carbocycles. The van der Waals surface area contributed by atoms with E-state index in [0.717, 1.165) is 18.5 Å². The molecule has 1 heterocycles. The fraction of sp³-hybridized carbons (Fsp3) is 0.300. The van der Waals surface area contributed by atoms with Crippen molar-refractivity contribution >= 4 is 27.2 Å². The van der Waals surface area contributed by atoms with Gasteiger partial charge in [-0.3, -0.25) is 0 Å². The summed E-state index contributed by atoms with van der Waals surface area (Å²) in [5, 5.41) is 5.26. The molecule has 0 fully saturated rings. The molecule has 1 aliphatic rings. The van der Waals surface area contributed by atoms with Crippen LogP contribution >= 0.6 is 0 Å². The molecule has 210 valence electrons. The SMILES string of the molecule is C=C(/C=C/C=C/C=C1/N(CCC(C)C)c2ccc3ccccc3c2C1(C)C)C(C)(C)c1c(C)ccc2ccccc12. The molecular weight excluding hydrogens is 494 g/mol. The Morgan fingerprint density at radius 2 is 1.49 bits per heavy atom. The van der Waals surface area contributed by atoms with Crippen LogP contribution in [0.1, 0.15) is 64.7 Å². The van der Waals surface area contributed by atoms with Crippen LogP contribution in [-0.2, 0) is 10.8 Å². The van der Waals surface area contributed by atoms with E-state index in [-0.39, 0.29) is 10.8 Å². The summed E-state index contributed by atoms with van der Waals surface area (Å²) in [5.74, 6) is 0.655. The molecule has 4 aromatic carbocycles. The van der Waals surface area contributed by atoms with E-state index in [0.29, 0.717) is 5.92 Å². The average Bonchev–Trinajstić information content (AvgIpc) is 3.16. The number of hydrogen-bond donors (Lipinski definition) is 0. The van der Waals surface area contributed by atoms with Crippen molar-refractivity contribution in [1.82, 2.24) is 0 Å². The van der Waals surface area contributed by atoms with Gasteiger partial charge >= 0.3 is 0 Å². The lowest BCUT2D eigenvalue weighted by Gasteiger charge is -2.30. The molecule has 0 bridgehead atoms. The number of benzene rings is 4. The Bertz CT molecular complexity index is 1690. The Labute approximate surface area is 247 Å². The Morgan fingerprint density at radius 1 is 0.854 bits per heavy atom. The largest absolute Gasteiger partial charge is 0.344 e. The summed E-state index contributed by atoms with van der Waals surface area (Å²) < 4.78 is 0. The second-order valence-corrected chi connectivity index (χ2v) is 13.1. The molecule has 0 radical (unpaired) electrons. The highest BCUT2D eigenvalue weighted by molar-refractivity contribution is 5.95. The summed E-state index contributed by atoms with van der Waals surface area (Å²) in [6, 6.07) is 26.5. The zero-order valence-corrected chi connectivity index (χ0v) is 26.0. The molecule has 0 amide bonds. The molecule has 1 aliphatic heterocycles. The van der Waals surface area contributed by atoms with Gasteiger partial charge in [0, 0.05) is 28.8 Å². The molecule has 0 aromatic heterocycles. The van der Waals surface area contributed by atoms with Gasteiger partial charge in [0.2, 0.25) is 0 Å². The molecule has 0 saturated heterocycles. The van der Waals surface area contributed by atoms with Gasteiger partial charge in [-0.25, -0.2) is 0 Å². The zero-order valence-electron chi connectivity index (χ0n) is 26.0. The van der Waals surface area contributed by atoms with Gasteiger partial charge in [-0.1, -0.05) is 139 Å². The number of nitrogens with zero attached hydrogens (tertiary/aromatic N) is 1. The van der Waals surface area contributed by atoms with Gasteiger partial charge in [-0.2, -0.15) is 0 Å². The summed E-state index contributed by atoms with van der Waals surface area (Å²) in [6.45, 7) is 21.7. The van der Waals surface area contributed by atoms with Crippen molar-refractivity contribution in [2.24, 2.45) is 5.92 Å². The molecule has 1 heteroatoms. The third-order valence-corrected chi connectivity index (χ3v) is 9.02. The van der Waals surface area contributed by atoms with Gasteiger partial charge in [0.25, 0.3) is 0 Å². The third kappa shape index (κ3) is 5.31. The molecule has 41 heavy (non-hydrogen) atoms. The molecular formula is C40H45N. The second kappa shape index (κ2) is 11.2. The highest BCUT2D eigenvalue weighted by Gasteiger charge is 2.40. The van der Waals surface area contributed by atoms with Crippen molar-refractivity contribution in [3.05, 3.63) is 138 Å². The molecule has 1 nitrogen and oxygen atoms in total. The lowest BCUT2D eigenvalue weighted by atomic mass is 9.74. The van der Waals surface area contributed by atoms with Crippen LogP contribution in [0.4, 0.5) is 5.69 Å². The lowest BCUT2D eigenvalue weighted by molar-refractivity contribution is 0.570. The molecule has 4 aromatic rings. The predicted octanol–water partition coefficient (Wildman–Crippen LogP) is 11.0. The van der Waals surface area contributed by atoms with Crippen molar-refractivity contribution in [3.8, 4) is 0 Å². The number of fused-ring (bicyclic) bond motifs is 4. The summed E-state index contributed by atoms with van der Waals surface area (Å²) in [4.78, 5) is 2.56. The predicted molar refractivity (Wildman–Crippen MR) is 181 cm³/mol. The average molecular weight is 540 g/mol. The molecule has 0 spiro atoms. The van der Waals surface area contributed by atoms with Crippen molar-refractivity contribution < 1.29 is 0 Å². The fourth-order valence-electron chi connectivity index (χ4n) is 6.63. The summed E-state index contributed by atoms with van der Waals surface area (Å²) in [7, 11) is 0.